The molecule has 1 heterocycles. The van der Waals surface area contributed by atoms with Crippen LogP contribution in [0.15, 0.2) is 34.3 Å². The topological polar surface area (TPSA) is 34.0 Å². The molecule has 12 heavy (non-hydrogen) atoms. The van der Waals surface area contributed by atoms with Gasteiger partial charge in [-0.15, -0.1) is 0 Å². The van der Waals surface area contributed by atoms with Gasteiger partial charge in [-0.1, -0.05) is 12.1 Å². The van der Waals surface area contributed by atoms with Crippen molar-refractivity contribution in [2.45, 2.75) is 12.8 Å². The molecule has 1 aliphatic heterocycles. The maximum atomic E-state index is 5.15. The molecule has 3 heteroatoms. The second kappa shape index (κ2) is 2.38. The highest BCUT2D eigenvalue weighted by molar-refractivity contribution is 5.04. The molecule has 1 aromatic rings. The van der Waals surface area contributed by atoms with Crippen LogP contribution in [0.2, 0.25) is 0 Å². The maximum absolute atomic E-state index is 5.15. The summed E-state index contributed by atoms with van der Waals surface area (Å²) in [6, 6.07) is 7.75. The van der Waals surface area contributed by atoms with Crippen LogP contribution in [0.1, 0.15) is 6.92 Å². The van der Waals surface area contributed by atoms with E-state index in [2.05, 4.69) is 9.98 Å². The Morgan fingerprint density at radius 2 is 1.67 bits per heavy atom. The number of ether oxygens (including phenoxy) is 1. The Morgan fingerprint density at radius 3 is 2.08 bits per heavy atom. The van der Waals surface area contributed by atoms with Crippen LogP contribution >= 0.6 is 0 Å². The first-order valence-electron chi connectivity index (χ1n) is 3.83. The Balaban J connectivity index is 2.68. The summed E-state index contributed by atoms with van der Waals surface area (Å²) in [6.07, 6.45) is 0. The number of para-hydroxylation sites is 2. The summed E-state index contributed by atoms with van der Waals surface area (Å²) in [6.45, 7) is 1.84. The third-order valence-electron chi connectivity index (χ3n) is 1.92. The molecule has 0 aromatic heterocycles. The highest BCUT2D eigenvalue weighted by Gasteiger charge is 2.23. The Bertz CT molecular complexity index is 376. The van der Waals surface area contributed by atoms with Crippen molar-refractivity contribution in [2.24, 2.45) is 9.98 Å². The smallest absolute Gasteiger partial charge is 0.254 e. The van der Waals surface area contributed by atoms with Crippen molar-refractivity contribution >= 4 is 0 Å². The van der Waals surface area contributed by atoms with Crippen molar-refractivity contribution in [1.82, 2.24) is 0 Å². The summed E-state index contributed by atoms with van der Waals surface area (Å²) >= 11 is 0. The third kappa shape index (κ3) is 1.02. The summed E-state index contributed by atoms with van der Waals surface area (Å²) in [5.41, 5.74) is 0. The molecule has 0 saturated carbocycles. The molecule has 0 bridgehead atoms. The average molecular weight is 162 g/mol. The van der Waals surface area contributed by atoms with Gasteiger partial charge >= 0.3 is 0 Å². The lowest BCUT2D eigenvalue weighted by Gasteiger charge is -2.13. The van der Waals surface area contributed by atoms with E-state index in [4.69, 9.17) is 4.74 Å². The van der Waals surface area contributed by atoms with E-state index in [0.29, 0.717) is 0 Å². The Hall–Kier alpha value is -1.22. The first-order chi connectivity index (χ1) is 5.73. The predicted octanol–water partition coefficient (Wildman–Crippen LogP) is 0.260. The molecule has 1 aliphatic rings. The first kappa shape index (κ1) is 7.43. The zero-order valence-corrected chi connectivity index (χ0v) is 7.11. The molecule has 2 rings (SSSR count). The second-order valence-electron chi connectivity index (χ2n) is 2.85. The SMILES string of the molecule is COC1(C)N=c2ccccc2=N1. The van der Waals surface area contributed by atoms with Gasteiger partial charge in [0.1, 0.15) is 0 Å². The summed E-state index contributed by atoms with van der Waals surface area (Å²) < 4.78 is 5.15. The van der Waals surface area contributed by atoms with E-state index >= 15 is 0 Å². The maximum Gasteiger partial charge on any atom is 0.254 e. The molecule has 0 fully saturated rings. The highest BCUT2D eigenvalue weighted by Crippen LogP contribution is 2.12. The lowest BCUT2D eigenvalue weighted by atomic mass is 10.3. The van der Waals surface area contributed by atoms with Gasteiger partial charge in [0, 0.05) is 14.0 Å². The van der Waals surface area contributed by atoms with E-state index in [1.54, 1.807) is 7.11 Å². The van der Waals surface area contributed by atoms with Gasteiger partial charge in [0.15, 0.2) is 0 Å². The van der Waals surface area contributed by atoms with Crippen molar-refractivity contribution < 1.29 is 4.74 Å². The normalized spacial score (nSPS) is 17.8. The first-order valence-corrected chi connectivity index (χ1v) is 3.83. The molecule has 0 aliphatic carbocycles. The molecule has 0 N–H and O–H groups in total. The van der Waals surface area contributed by atoms with Crippen LogP contribution in [0, 0.1) is 0 Å². The van der Waals surface area contributed by atoms with E-state index in [9.17, 15) is 0 Å². The molecular weight excluding hydrogens is 152 g/mol. The van der Waals surface area contributed by atoms with Crippen molar-refractivity contribution in [1.29, 1.82) is 0 Å². The van der Waals surface area contributed by atoms with E-state index in [1.165, 1.54) is 0 Å². The van der Waals surface area contributed by atoms with Gasteiger partial charge in [-0.05, 0) is 12.1 Å². The minimum absolute atomic E-state index is 0.705. The van der Waals surface area contributed by atoms with Crippen LogP contribution < -0.4 is 10.7 Å². The van der Waals surface area contributed by atoms with Crippen LogP contribution in [0.4, 0.5) is 0 Å². The van der Waals surface area contributed by atoms with Gasteiger partial charge in [0.2, 0.25) is 0 Å². The molecule has 1 aromatic carbocycles. The number of fused-ring (bicyclic) bond motifs is 1. The molecular formula is C9H10N2O. The van der Waals surface area contributed by atoms with Crippen LogP contribution in [0.5, 0.6) is 0 Å². The summed E-state index contributed by atoms with van der Waals surface area (Å²) in [5, 5.41) is 1.81. The lowest BCUT2D eigenvalue weighted by Crippen LogP contribution is -2.19. The van der Waals surface area contributed by atoms with Gasteiger partial charge < -0.3 is 4.74 Å². The molecule has 0 unspecified atom stereocenters. The van der Waals surface area contributed by atoms with Crippen molar-refractivity contribution in [3.63, 3.8) is 0 Å². The van der Waals surface area contributed by atoms with Crippen molar-refractivity contribution in [3.05, 3.63) is 35.0 Å². The van der Waals surface area contributed by atoms with Gasteiger partial charge in [0.25, 0.3) is 5.85 Å². The fourth-order valence-corrected chi connectivity index (χ4v) is 1.22. The predicted molar refractivity (Wildman–Crippen MR) is 44.2 cm³/mol. The minimum atomic E-state index is -0.705. The number of hydrogen-bond donors (Lipinski definition) is 0. The summed E-state index contributed by atoms with van der Waals surface area (Å²) in [4.78, 5) is 8.63. The van der Waals surface area contributed by atoms with Gasteiger partial charge in [-0.3, -0.25) is 0 Å². The monoisotopic (exact) mass is 162 g/mol. The number of benzene rings is 1. The number of nitrogens with zero attached hydrogens (tertiary/aromatic N) is 2. The number of rotatable bonds is 1. The molecule has 0 spiro atoms. The standard InChI is InChI=1S/C9H10N2O/c1-9(12-2)10-7-5-3-4-6-8(7)11-9/h3-6H,1-2H3. The van der Waals surface area contributed by atoms with Gasteiger partial charge in [-0.2, -0.15) is 0 Å². The van der Waals surface area contributed by atoms with E-state index < -0.39 is 5.85 Å². The average Bonchev–Trinajstić information content (AvgIpc) is 2.42. The fraction of sp³-hybridized carbons (Fsp3) is 0.333. The third-order valence-corrected chi connectivity index (χ3v) is 1.92. The van der Waals surface area contributed by atoms with Crippen LogP contribution in [0.3, 0.4) is 0 Å². The van der Waals surface area contributed by atoms with Gasteiger partial charge in [-0.25, -0.2) is 9.98 Å². The van der Waals surface area contributed by atoms with E-state index in [-0.39, 0.29) is 0 Å². The van der Waals surface area contributed by atoms with Crippen LogP contribution in [-0.2, 0) is 4.74 Å². The molecule has 0 amide bonds. The Kier molecular flexibility index (Phi) is 1.48. The molecule has 0 radical (unpaired) electrons. The fourth-order valence-electron chi connectivity index (χ4n) is 1.22. The largest absolute Gasteiger partial charge is 0.339 e. The molecule has 0 atom stereocenters. The zero-order valence-electron chi connectivity index (χ0n) is 7.11. The quantitative estimate of drug-likeness (QED) is 0.583. The lowest BCUT2D eigenvalue weighted by molar-refractivity contribution is 0.0206. The van der Waals surface area contributed by atoms with E-state index in [1.807, 2.05) is 31.2 Å². The Labute approximate surface area is 70.4 Å². The molecule has 62 valence electrons. The van der Waals surface area contributed by atoms with E-state index in [0.717, 1.165) is 10.7 Å². The number of methoxy groups -OCH3 is 1. The molecule has 3 nitrogen and oxygen atoms in total. The summed E-state index contributed by atoms with van der Waals surface area (Å²) in [5.74, 6) is -0.705. The minimum Gasteiger partial charge on any atom is -0.339 e. The van der Waals surface area contributed by atoms with Crippen molar-refractivity contribution in [3.8, 4) is 0 Å². The van der Waals surface area contributed by atoms with Crippen LogP contribution in [-0.4, -0.2) is 13.0 Å². The number of hydrogen-bond acceptors (Lipinski definition) is 3. The molecule has 0 saturated heterocycles. The Morgan fingerprint density at radius 1 is 1.17 bits per heavy atom. The summed E-state index contributed by atoms with van der Waals surface area (Å²) in [7, 11) is 1.61. The zero-order chi connectivity index (χ0) is 8.60. The van der Waals surface area contributed by atoms with Crippen molar-refractivity contribution in [2.75, 3.05) is 7.11 Å². The van der Waals surface area contributed by atoms with Gasteiger partial charge in [0.05, 0.1) is 10.7 Å². The van der Waals surface area contributed by atoms with Crippen LogP contribution in [0.25, 0.3) is 0 Å². The highest BCUT2D eigenvalue weighted by atomic mass is 16.5. The second-order valence-corrected chi connectivity index (χ2v) is 2.85.